The Morgan fingerprint density at radius 3 is 2.89 bits per heavy atom. The number of alkyl halides is 2. The van der Waals surface area contributed by atoms with Crippen molar-refractivity contribution >= 4 is 17.0 Å². The zero-order chi connectivity index (χ0) is 12.9. The number of fused-ring (bicyclic) bond motifs is 1. The quantitative estimate of drug-likeness (QED) is 0.820. The highest BCUT2D eigenvalue weighted by Gasteiger charge is 2.58. The van der Waals surface area contributed by atoms with Crippen molar-refractivity contribution in [1.82, 2.24) is 19.5 Å². The molecule has 0 unspecified atom stereocenters. The van der Waals surface area contributed by atoms with E-state index in [0.717, 1.165) is 0 Å². The van der Waals surface area contributed by atoms with E-state index in [2.05, 4.69) is 15.0 Å². The summed E-state index contributed by atoms with van der Waals surface area (Å²) in [5, 5.41) is 8.84. The Kier molecular flexibility index (Phi) is 2.24. The number of anilines is 1. The van der Waals surface area contributed by atoms with Gasteiger partial charge in [-0.1, -0.05) is 0 Å². The van der Waals surface area contributed by atoms with Crippen LogP contribution in [0.1, 0.15) is 12.5 Å². The standard InChI is InChI=1S/C10H11F2N5O/c11-10(12)5(2-18)1-6(10)17-4-16-7-8(13)14-3-15-9(7)17/h3-6,18H,1-2H2,(H2,13,14,15)/t5-,6-/m1/s1. The van der Waals surface area contributed by atoms with Gasteiger partial charge < -0.3 is 15.4 Å². The number of nitrogen functional groups attached to an aromatic ring is 1. The zero-order valence-electron chi connectivity index (χ0n) is 9.29. The Hall–Kier alpha value is -1.83. The maximum absolute atomic E-state index is 13.8. The molecule has 8 heteroatoms. The van der Waals surface area contributed by atoms with Gasteiger partial charge in [-0.05, 0) is 6.42 Å². The lowest BCUT2D eigenvalue weighted by molar-refractivity contribution is -0.188. The Morgan fingerprint density at radius 1 is 1.44 bits per heavy atom. The minimum absolute atomic E-state index is 0.167. The Morgan fingerprint density at radius 2 is 2.22 bits per heavy atom. The van der Waals surface area contributed by atoms with Gasteiger partial charge in [0.2, 0.25) is 0 Å². The SMILES string of the molecule is Nc1ncnc2c1ncn2[C@@H]1C[C@H](CO)C1(F)F. The molecule has 2 atom stereocenters. The molecule has 1 fully saturated rings. The van der Waals surface area contributed by atoms with Gasteiger partial charge in [0, 0.05) is 0 Å². The van der Waals surface area contributed by atoms with Gasteiger partial charge in [0.25, 0.3) is 5.92 Å². The molecule has 1 aliphatic rings. The maximum atomic E-state index is 13.8. The number of aromatic nitrogens is 4. The summed E-state index contributed by atoms with van der Waals surface area (Å²) in [7, 11) is 0. The van der Waals surface area contributed by atoms with Gasteiger partial charge >= 0.3 is 0 Å². The van der Waals surface area contributed by atoms with Gasteiger partial charge in [-0.3, -0.25) is 0 Å². The normalized spacial score (nSPS) is 26.2. The number of nitrogens with two attached hydrogens (primary N) is 1. The average molecular weight is 255 g/mol. The number of hydrogen-bond donors (Lipinski definition) is 2. The van der Waals surface area contributed by atoms with E-state index in [-0.39, 0.29) is 12.2 Å². The van der Waals surface area contributed by atoms with Crippen LogP contribution in [-0.4, -0.2) is 37.2 Å². The van der Waals surface area contributed by atoms with Crippen molar-refractivity contribution in [3.63, 3.8) is 0 Å². The van der Waals surface area contributed by atoms with E-state index in [4.69, 9.17) is 10.8 Å². The van der Waals surface area contributed by atoms with E-state index in [1.165, 1.54) is 17.2 Å². The molecule has 1 aliphatic carbocycles. The molecule has 3 rings (SSSR count). The summed E-state index contributed by atoms with van der Waals surface area (Å²) in [6.07, 6.45) is 2.71. The first-order valence-electron chi connectivity index (χ1n) is 5.47. The second-order valence-corrected chi connectivity index (χ2v) is 4.39. The van der Waals surface area contributed by atoms with Crippen LogP contribution in [0.5, 0.6) is 0 Å². The second-order valence-electron chi connectivity index (χ2n) is 4.39. The monoisotopic (exact) mass is 255 g/mol. The molecule has 0 amide bonds. The lowest BCUT2D eigenvalue weighted by Crippen LogP contribution is -2.51. The van der Waals surface area contributed by atoms with Gasteiger partial charge in [-0.2, -0.15) is 0 Å². The predicted octanol–water partition coefficient (Wildman–Crippen LogP) is 0.597. The van der Waals surface area contributed by atoms with Crippen molar-refractivity contribution in [3.05, 3.63) is 12.7 Å². The third-order valence-corrected chi connectivity index (χ3v) is 3.44. The first kappa shape index (κ1) is 11.3. The number of halogens is 2. The molecule has 18 heavy (non-hydrogen) atoms. The molecule has 0 spiro atoms. The summed E-state index contributed by atoms with van der Waals surface area (Å²) < 4.78 is 28.9. The highest BCUT2D eigenvalue weighted by molar-refractivity contribution is 5.81. The van der Waals surface area contributed by atoms with Crippen molar-refractivity contribution in [2.45, 2.75) is 18.4 Å². The lowest BCUT2D eigenvalue weighted by Gasteiger charge is -2.43. The fourth-order valence-electron chi connectivity index (χ4n) is 2.29. The molecule has 0 bridgehead atoms. The van der Waals surface area contributed by atoms with Crippen LogP contribution in [0.4, 0.5) is 14.6 Å². The summed E-state index contributed by atoms with van der Waals surface area (Å²) in [6.45, 7) is -0.521. The van der Waals surface area contributed by atoms with Gasteiger partial charge in [-0.25, -0.2) is 23.7 Å². The van der Waals surface area contributed by atoms with Crippen molar-refractivity contribution in [2.24, 2.45) is 5.92 Å². The Labute approximate surface area is 100 Å². The van der Waals surface area contributed by atoms with Crippen LogP contribution in [0.15, 0.2) is 12.7 Å². The van der Waals surface area contributed by atoms with Gasteiger partial charge in [0.15, 0.2) is 11.5 Å². The number of imidazole rings is 1. The lowest BCUT2D eigenvalue weighted by atomic mass is 9.76. The van der Waals surface area contributed by atoms with Crippen molar-refractivity contribution < 1.29 is 13.9 Å². The summed E-state index contributed by atoms with van der Waals surface area (Å²) >= 11 is 0. The average Bonchev–Trinajstić information content (AvgIpc) is 2.74. The molecular formula is C10H11F2N5O. The fraction of sp³-hybridized carbons (Fsp3) is 0.500. The van der Waals surface area contributed by atoms with Gasteiger partial charge in [0.1, 0.15) is 17.9 Å². The molecule has 0 saturated heterocycles. The predicted molar refractivity (Wildman–Crippen MR) is 58.9 cm³/mol. The highest BCUT2D eigenvalue weighted by Crippen LogP contribution is 2.52. The third kappa shape index (κ3) is 1.32. The molecule has 0 radical (unpaired) electrons. The number of hydrogen-bond acceptors (Lipinski definition) is 5. The third-order valence-electron chi connectivity index (χ3n) is 3.44. The molecule has 3 N–H and O–H groups in total. The number of rotatable bonds is 2. The first-order chi connectivity index (χ1) is 8.55. The van der Waals surface area contributed by atoms with E-state index in [9.17, 15) is 8.78 Å². The van der Waals surface area contributed by atoms with Crippen molar-refractivity contribution in [1.29, 1.82) is 0 Å². The molecule has 2 heterocycles. The molecule has 0 aromatic carbocycles. The minimum atomic E-state index is -2.96. The van der Waals surface area contributed by atoms with E-state index in [1.807, 2.05) is 0 Å². The van der Waals surface area contributed by atoms with Crippen LogP contribution < -0.4 is 5.73 Å². The molecule has 6 nitrogen and oxygen atoms in total. The van der Waals surface area contributed by atoms with Crippen LogP contribution in [0.2, 0.25) is 0 Å². The van der Waals surface area contributed by atoms with Crippen LogP contribution in [0.3, 0.4) is 0 Å². The smallest absolute Gasteiger partial charge is 0.273 e. The summed E-state index contributed by atoms with van der Waals surface area (Å²) in [4.78, 5) is 11.6. The first-order valence-corrected chi connectivity index (χ1v) is 5.47. The zero-order valence-corrected chi connectivity index (χ0v) is 9.29. The Bertz CT molecular complexity index is 599. The van der Waals surface area contributed by atoms with E-state index < -0.39 is 24.5 Å². The Balaban J connectivity index is 2.04. The van der Waals surface area contributed by atoms with E-state index in [0.29, 0.717) is 11.2 Å². The van der Waals surface area contributed by atoms with Gasteiger partial charge in [-0.15, -0.1) is 0 Å². The molecule has 1 saturated carbocycles. The van der Waals surface area contributed by atoms with Crippen LogP contribution in [0.25, 0.3) is 11.2 Å². The van der Waals surface area contributed by atoms with Gasteiger partial charge in [0.05, 0.1) is 18.9 Å². The topological polar surface area (TPSA) is 89.9 Å². The summed E-state index contributed by atoms with van der Waals surface area (Å²) in [5.74, 6) is -3.79. The fourth-order valence-corrected chi connectivity index (χ4v) is 2.29. The molecular weight excluding hydrogens is 244 g/mol. The van der Waals surface area contributed by atoms with Crippen molar-refractivity contribution in [3.8, 4) is 0 Å². The van der Waals surface area contributed by atoms with Crippen molar-refractivity contribution in [2.75, 3.05) is 12.3 Å². The highest BCUT2D eigenvalue weighted by atomic mass is 19.3. The van der Waals surface area contributed by atoms with E-state index >= 15 is 0 Å². The summed E-state index contributed by atoms with van der Waals surface area (Å²) in [6, 6.07) is -1.03. The molecule has 2 aromatic rings. The molecule has 0 aliphatic heterocycles. The molecule has 96 valence electrons. The largest absolute Gasteiger partial charge is 0.396 e. The van der Waals surface area contributed by atoms with Crippen LogP contribution in [-0.2, 0) is 0 Å². The number of nitrogens with zero attached hydrogens (tertiary/aromatic N) is 4. The molecule has 2 aromatic heterocycles. The van der Waals surface area contributed by atoms with Crippen LogP contribution in [0, 0.1) is 5.92 Å². The van der Waals surface area contributed by atoms with E-state index in [1.54, 1.807) is 0 Å². The second kappa shape index (κ2) is 3.58. The number of aliphatic hydroxyl groups excluding tert-OH is 1. The van der Waals surface area contributed by atoms with Crippen LogP contribution >= 0.6 is 0 Å². The summed E-state index contributed by atoms with van der Waals surface area (Å²) in [5.41, 5.74) is 6.21. The number of aliphatic hydroxyl groups is 1. The minimum Gasteiger partial charge on any atom is -0.396 e. The maximum Gasteiger partial charge on any atom is 0.273 e.